The van der Waals surface area contributed by atoms with E-state index in [9.17, 15) is 4.79 Å². The Balaban J connectivity index is 2.61. The van der Waals surface area contributed by atoms with Gasteiger partial charge in [-0.2, -0.15) is 0 Å². The summed E-state index contributed by atoms with van der Waals surface area (Å²) in [5.74, 6) is -1.19. The van der Waals surface area contributed by atoms with E-state index in [-0.39, 0.29) is 0 Å². The molecule has 0 saturated heterocycles. The van der Waals surface area contributed by atoms with E-state index in [1.54, 1.807) is 6.20 Å². The third-order valence-corrected chi connectivity index (χ3v) is 2.16. The Labute approximate surface area is 83.5 Å². The molecule has 0 fully saturated rings. The van der Waals surface area contributed by atoms with Crippen LogP contribution in [0.5, 0.6) is 0 Å². The number of aromatic amines is 1. The molecular weight excluding hydrogens is 180 g/mol. The Bertz CT molecular complexity index is 280. The van der Waals surface area contributed by atoms with Crippen LogP contribution in [0.3, 0.4) is 0 Å². The van der Waals surface area contributed by atoms with Crippen molar-refractivity contribution in [3.05, 3.63) is 24.0 Å². The number of hydrogen-bond donors (Lipinski definition) is 2. The van der Waals surface area contributed by atoms with Gasteiger partial charge < -0.3 is 15.0 Å². The van der Waals surface area contributed by atoms with Gasteiger partial charge >= 0.3 is 5.97 Å². The van der Waals surface area contributed by atoms with E-state index in [1.807, 2.05) is 31.1 Å². The minimum absolute atomic E-state index is 0.424. The first-order valence-electron chi connectivity index (χ1n) is 4.62. The van der Waals surface area contributed by atoms with Gasteiger partial charge in [0.25, 0.3) is 0 Å². The van der Waals surface area contributed by atoms with Gasteiger partial charge in [-0.05, 0) is 39.2 Å². The molecule has 4 heteroatoms. The van der Waals surface area contributed by atoms with Crippen LogP contribution in [0.1, 0.15) is 18.0 Å². The summed E-state index contributed by atoms with van der Waals surface area (Å²) >= 11 is 0. The van der Waals surface area contributed by atoms with Crippen molar-refractivity contribution in [2.24, 2.45) is 0 Å². The number of nitrogens with zero attached hydrogens (tertiary/aromatic N) is 1. The molecule has 0 radical (unpaired) electrons. The van der Waals surface area contributed by atoms with Crippen molar-refractivity contribution in [3.8, 4) is 0 Å². The van der Waals surface area contributed by atoms with Crippen molar-refractivity contribution in [3.63, 3.8) is 0 Å². The molecule has 78 valence electrons. The summed E-state index contributed by atoms with van der Waals surface area (Å²) in [6.45, 7) is 0.774. The number of carboxylic acid groups (broad SMARTS) is 1. The highest BCUT2D eigenvalue weighted by atomic mass is 16.4. The summed E-state index contributed by atoms with van der Waals surface area (Å²) in [5.41, 5.74) is 0.777. The first-order valence-corrected chi connectivity index (χ1v) is 4.62. The first kappa shape index (κ1) is 10.8. The number of rotatable bonds is 5. The van der Waals surface area contributed by atoms with Crippen molar-refractivity contribution in [1.82, 2.24) is 9.88 Å². The smallest absolute Gasteiger partial charge is 0.312 e. The second kappa shape index (κ2) is 4.81. The number of carbonyl (C=O) groups is 1. The number of carboxylic acids is 1. The second-order valence-electron chi connectivity index (χ2n) is 3.61. The van der Waals surface area contributed by atoms with Crippen molar-refractivity contribution < 1.29 is 9.90 Å². The number of nitrogens with one attached hydrogen (secondary N) is 1. The predicted octanol–water partition coefficient (Wildman–Crippen LogP) is 1.13. The molecule has 0 spiro atoms. The van der Waals surface area contributed by atoms with Crippen LogP contribution in [0.25, 0.3) is 0 Å². The summed E-state index contributed by atoms with van der Waals surface area (Å²) in [6, 6.07) is 3.63. The summed E-state index contributed by atoms with van der Waals surface area (Å²) < 4.78 is 0. The van der Waals surface area contributed by atoms with E-state index in [4.69, 9.17) is 5.11 Å². The SMILES string of the molecule is CN(C)CCC(C(=O)O)c1ccc[nH]1. The summed E-state index contributed by atoms with van der Waals surface area (Å²) in [6.07, 6.45) is 2.38. The Hall–Kier alpha value is -1.29. The summed E-state index contributed by atoms with van der Waals surface area (Å²) in [7, 11) is 3.88. The van der Waals surface area contributed by atoms with Crippen LogP contribution in [-0.4, -0.2) is 41.6 Å². The fourth-order valence-corrected chi connectivity index (χ4v) is 1.36. The van der Waals surface area contributed by atoms with Gasteiger partial charge in [-0.3, -0.25) is 4.79 Å². The Morgan fingerprint density at radius 3 is 2.79 bits per heavy atom. The van der Waals surface area contributed by atoms with Crippen molar-refractivity contribution in [1.29, 1.82) is 0 Å². The Kier molecular flexibility index (Phi) is 3.71. The minimum Gasteiger partial charge on any atom is -0.481 e. The van der Waals surface area contributed by atoms with Crippen LogP contribution >= 0.6 is 0 Å². The molecule has 0 aliphatic heterocycles. The van der Waals surface area contributed by atoms with Crippen molar-refractivity contribution in [2.75, 3.05) is 20.6 Å². The molecule has 1 heterocycles. The van der Waals surface area contributed by atoms with Gasteiger partial charge in [-0.15, -0.1) is 0 Å². The zero-order valence-corrected chi connectivity index (χ0v) is 8.53. The van der Waals surface area contributed by atoms with Gasteiger partial charge in [0.2, 0.25) is 0 Å². The number of hydrogen-bond acceptors (Lipinski definition) is 2. The van der Waals surface area contributed by atoms with Crippen molar-refractivity contribution >= 4 is 5.97 Å². The summed E-state index contributed by atoms with van der Waals surface area (Å²) in [4.78, 5) is 15.9. The molecule has 1 aromatic rings. The van der Waals surface area contributed by atoms with Crippen LogP contribution in [0.2, 0.25) is 0 Å². The van der Waals surface area contributed by atoms with E-state index < -0.39 is 11.9 Å². The van der Waals surface area contributed by atoms with Crippen molar-refractivity contribution in [2.45, 2.75) is 12.3 Å². The van der Waals surface area contributed by atoms with Gasteiger partial charge in [0.1, 0.15) is 0 Å². The third-order valence-electron chi connectivity index (χ3n) is 2.16. The molecule has 1 unspecified atom stereocenters. The number of H-pyrrole nitrogens is 1. The van der Waals surface area contributed by atoms with E-state index in [0.717, 1.165) is 12.2 Å². The molecular formula is C10H16N2O2. The lowest BCUT2D eigenvalue weighted by Gasteiger charge is -2.14. The monoisotopic (exact) mass is 196 g/mol. The van der Waals surface area contributed by atoms with Crippen LogP contribution in [-0.2, 0) is 4.79 Å². The van der Waals surface area contributed by atoms with Crippen LogP contribution in [0.15, 0.2) is 18.3 Å². The third kappa shape index (κ3) is 2.88. The maximum absolute atomic E-state index is 11.0. The second-order valence-corrected chi connectivity index (χ2v) is 3.61. The van der Waals surface area contributed by atoms with E-state index in [1.165, 1.54) is 0 Å². The highest BCUT2D eigenvalue weighted by Crippen LogP contribution is 2.17. The maximum atomic E-state index is 11.0. The molecule has 0 saturated carbocycles. The zero-order valence-electron chi connectivity index (χ0n) is 8.53. The molecule has 0 aliphatic carbocycles. The predicted molar refractivity (Wildman–Crippen MR) is 54.3 cm³/mol. The normalized spacial score (nSPS) is 13.1. The molecule has 0 bridgehead atoms. The molecule has 0 amide bonds. The van der Waals surface area contributed by atoms with Gasteiger partial charge in [-0.25, -0.2) is 0 Å². The first-order chi connectivity index (χ1) is 6.61. The van der Waals surface area contributed by atoms with Gasteiger partial charge in [0, 0.05) is 11.9 Å². The molecule has 0 aliphatic rings. The molecule has 14 heavy (non-hydrogen) atoms. The lowest BCUT2D eigenvalue weighted by molar-refractivity contribution is -0.139. The highest BCUT2D eigenvalue weighted by Gasteiger charge is 2.20. The topological polar surface area (TPSA) is 56.3 Å². The Morgan fingerprint density at radius 2 is 2.36 bits per heavy atom. The molecule has 4 nitrogen and oxygen atoms in total. The number of aliphatic carboxylic acids is 1. The molecule has 1 atom stereocenters. The lowest BCUT2D eigenvalue weighted by atomic mass is 10.0. The Morgan fingerprint density at radius 1 is 1.64 bits per heavy atom. The molecule has 1 rings (SSSR count). The van der Waals surface area contributed by atoms with Gasteiger partial charge in [0.05, 0.1) is 5.92 Å². The van der Waals surface area contributed by atoms with Crippen LogP contribution in [0, 0.1) is 0 Å². The molecule has 2 N–H and O–H groups in total. The average Bonchev–Trinajstić information content (AvgIpc) is 2.56. The lowest BCUT2D eigenvalue weighted by Crippen LogP contribution is -2.20. The van der Waals surface area contributed by atoms with Gasteiger partial charge in [-0.1, -0.05) is 0 Å². The number of aromatic nitrogens is 1. The molecule has 1 aromatic heterocycles. The van der Waals surface area contributed by atoms with E-state index >= 15 is 0 Å². The average molecular weight is 196 g/mol. The van der Waals surface area contributed by atoms with Gasteiger partial charge in [0.15, 0.2) is 0 Å². The minimum atomic E-state index is -0.769. The zero-order chi connectivity index (χ0) is 10.6. The fraction of sp³-hybridized carbons (Fsp3) is 0.500. The fourth-order valence-electron chi connectivity index (χ4n) is 1.36. The molecule has 0 aromatic carbocycles. The standard InChI is InChI=1S/C10H16N2O2/c1-12(2)7-5-8(10(13)14)9-4-3-6-11-9/h3-4,6,8,11H,5,7H2,1-2H3,(H,13,14). The van der Waals surface area contributed by atoms with E-state index in [0.29, 0.717) is 6.42 Å². The van der Waals surface area contributed by atoms with Crippen LogP contribution in [0.4, 0.5) is 0 Å². The maximum Gasteiger partial charge on any atom is 0.312 e. The quantitative estimate of drug-likeness (QED) is 0.742. The van der Waals surface area contributed by atoms with E-state index in [2.05, 4.69) is 4.98 Å². The largest absolute Gasteiger partial charge is 0.481 e. The summed E-state index contributed by atoms with van der Waals surface area (Å²) in [5, 5.41) is 9.02. The highest BCUT2D eigenvalue weighted by molar-refractivity contribution is 5.75. The van der Waals surface area contributed by atoms with Crippen LogP contribution < -0.4 is 0 Å².